The Bertz CT molecular complexity index is 885. The largest absolute Gasteiger partial charge is 0.480 e. The van der Waals surface area contributed by atoms with Gasteiger partial charge in [0, 0.05) is 5.92 Å². The van der Waals surface area contributed by atoms with Gasteiger partial charge in [-0.2, -0.15) is 13.2 Å². The first kappa shape index (κ1) is 21.6. The number of nitrogens with one attached hydrogen (secondary N) is 1. The van der Waals surface area contributed by atoms with Gasteiger partial charge in [0.1, 0.15) is 13.2 Å². The second-order valence-electron chi connectivity index (χ2n) is 6.92. The zero-order valence-corrected chi connectivity index (χ0v) is 16.0. The smallest absolute Gasteiger partial charge is 0.411 e. The minimum atomic E-state index is -4.61. The van der Waals surface area contributed by atoms with E-state index in [2.05, 4.69) is 10.1 Å². The van der Waals surface area contributed by atoms with E-state index in [1.807, 2.05) is 48.5 Å². The van der Waals surface area contributed by atoms with Crippen LogP contribution in [-0.4, -0.2) is 48.7 Å². The molecule has 0 fully saturated rings. The van der Waals surface area contributed by atoms with E-state index >= 15 is 0 Å². The van der Waals surface area contributed by atoms with Crippen LogP contribution in [0.5, 0.6) is 0 Å². The van der Waals surface area contributed by atoms with Crippen LogP contribution < -0.4 is 5.32 Å². The maximum Gasteiger partial charge on any atom is 0.411 e. The lowest BCUT2D eigenvalue weighted by Gasteiger charge is -2.22. The topological polar surface area (TPSA) is 84.9 Å². The molecule has 2 N–H and O–H groups in total. The monoisotopic (exact) mass is 423 g/mol. The van der Waals surface area contributed by atoms with Gasteiger partial charge in [-0.1, -0.05) is 48.5 Å². The van der Waals surface area contributed by atoms with Gasteiger partial charge in [0.25, 0.3) is 0 Å². The number of alkyl carbamates (subject to hydrolysis) is 1. The molecule has 0 aromatic heterocycles. The third kappa shape index (κ3) is 4.91. The first-order valence-electron chi connectivity index (χ1n) is 9.20. The van der Waals surface area contributed by atoms with Crippen LogP contribution in [-0.2, 0) is 14.3 Å². The molecule has 3 rings (SSSR count). The number of carboxylic acids is 1. The molecule has 2 aromatic rings. The maximum atomic E-state index is 12.3. The molecule has 6 nitrogen and oxygen atoms in total. The molecule has 0 aliphatic heterocycles. The van der Waals surface area contributed by atoms with Gasteiger partial charge in [0.15, 0.2) is 6.04 Å². The summed E-state index contributed by atoms with van der Waals surface area (Å²) in [5.41, 5.74) is 4.01. The number of amides is 1. The molecular formula is C21H20F3NO5. The number of benzene rings is 2. The first-order chi connectivity index (χ1) is 14.2. The van der Waals surface area contributed by atoms with E-state index in [4.69, 9.17) is 4.74 Å². The quantitative estimate of drug-likeness (QED) is 0.705. The summed E-state index contributed by atoms with van der Waals surface area (Å²) < 4.78 is 46.6. The fraction of sp³-hybridized carbons (Fsp3) is 0.333. The Morgan fingerprint density at radius 3 is 2.10 bits per heavy atom. The van der Waals surface area contributed by atoms with Gasteiger partial charge in [-0.3, -0.25) is 0 Å². The fourth-order valence-electron chi connectivity index (χ4n) is 3.47. The number of carboxylic acid groups (broad SMARTS) is 1. The standard InChI is InChI=1S/C21H20F3NO5/c1-12(30-11-21(22,23)24)18(19(26)27)25-20(28)29-10-17-15-8-4-2-6-13(15)14-7-3-5-9-16(14)17/h2-9,12,17-18H,10-11H2,1H3,(H,25,28)(H,26,27)/t12-,18+/m1/s1. The highest BCUT2D eigenvalue weighted by Gasteiger charge is 2.34. The molecule has 0 spiro atoms. The summed E-state index contributed by atoms with van der Waals surface area (Å²) in [6.45, 7) is -0.539. The molecule has 9 heteroatoms. The Kier molecular flexibility index (Phi) is 6.31. The maximum absolute atomic E-state index is 12.3. The van der Waals surface area contributed by atoms with Crippen molar-refractivity contribution in [2.75, 3.05) is 13.2 Å². The molecular weight excluding hydrogens is 403 g/mol. The van der Waals surface area contributed by atoms with Gasteiger partial charge in [0.2, 0.25) is 0 Å². The Labute approximate surface area is 170 Å². The van der Waals surface area contributed by atoms with Gasteiger partial charge < -0.3 is 19.9 Å². The third-order valence-corrected chi connectivity index (χ3v) is 4.86. The molecule has 1 aliphatic rings. The van der Waals surface area contributed by atoms with Crippen molar-refractivity contribution in [2.24, 2.45) is 0 Å². The van der Waals surface area contributed by atoms with Crippen LogP contribution in [0.15, 0.2) is 48.5 Å². The highest BCUT2D eigenvalue weighted by molar-refractivity contribution is 5.81. The van der Waals surface area contributed by atoms with Crippen molar-refractivity contribution in [3.63, 3.8) is 0 Å². The number of carbonyl (C=O) groups is 2. The van der Waals surface area contributed by atoms with E-state index in [-0.39, 0.29) is 12.5 Å². The van der Waals surface area contributed by atoms with Gasteiger partial charge >= 0.3 is 18.2 Å². The van der Waals surface area contributed by atoms with Crippen LogP contribution in [0, 0.1) is 0 Å². The second kappa shape index (κ2) is 8.74. The molecule has 0 radical (unpaired) electrons. The van der Waals surface area contributed by atoms with E-state index in [0.29, 0.717) is 0 Å². The van der Waals surface area contributed by atoms with Gasteiger partial charge in [-0.05, 0) is 29.2 Å². The molecule has 0 unspecified atom stereocenters. The first-order valence-corrected chi connectivity index (χ1v) is 9.20. The number of fused-ring (bicyclic) bond motifs is 3. The third-order valence-electron chi connectivity index (χ3n) is 4.86. The zero-order chi connectivity index (χ0) is 21.9. The summed E-state index contributed by atoms with van der Waals surface area (Å²) in [6, 6.07) is 13.7. The number of alkyl halides is 3. The average Bonchev–Trinajstić information content (AvgIpc) is 3.02. The second-order valence-corrected chi connectivity index (χ2v) is 6.92. The van der Waals surface area contributed by atoms with Crippen LogP contribution in [0.25, 0.3) is 11.1 Å². The molecule has 2 atom stereocenters. The molecule has 1 amide bonds. The van der Waals surface area contributed by atoms with Crippen molar-refractivity contribution in [3.8, 4) is 11.1 Å². The normalized spacial score (nSPS) is 15.1. The Balaban J connectivity index is 1.64. The molecule has 30 heavy (non-hydrogen) atoms. The van der Waals surface area contributed by atoms with Gasteiger partial charge in [0.05, 0.1) is 6.10 Å². The van der Waals surface area contributed by atoms with E-state index in [1.54, 1.807) is 0 Å². The summed E-state index contributed by atoms with van der Waals surface area (Å²) in [6.07, 6.45) is -7.07. The summed E-state index contributed by atoms with van der Waals surface area (Å²) in [5.74, 6) is -1.76. The van der Waals surface area contributed by atoms with Crippen molar-refractivity contribution in [3.05, 3.63) is 59.7 Å². The van der Waals surface area contributed by atoms with Gasteiger partial charge in [-0.25, -0.2) is 9.59 Å². The van der Waals surface area contributed by atoms with Crippen LogP contribution >= 0.6 is 0 Å². The number of halogens is 3. The number of carbonyl (C=O) groups excluding carboxylic acids is 1. The molecule has 0 saturated carbocycles. The summed E-state index contributed by atoms with van der Waals surface area (Å²) in [5, 5.41) is 11.3. The summed E-state index contributed by atoms with van der Waals surface area (Å²) in [7, 11) is 0. The summed E-state index contributed by atoms with van der Waals surface area (Å²) >= 11 is 0. The molecule has 0 heterocycles. The van der Waals surface area contributed by atoms with Crippen molar-refractivity contribution in [2.45, 2.75) is 31.2 Å². The highest BCUT2D eigenvalue weighted by Crippen LogP contribution is 2.44. The van der Waals surface area contributed by atoms with E-state index in [9.17, 15) is 27.9 Å². The Morgan fingerprint density at radius 2 is 1.60 bits per heavy atom. The van der Waals surface area contributed by atoms with E-state index in [1.165, 1.54) is 0 Å². The SMILES string of the molecule is C[C@@H](OCC(F)(F)F)[C@H](NC(=O)OCC1c2ccccc2-c2ccccc21)C(=O)O. The molecule has 1 aliphatic carbocycles. The number of ether oxygens (including phenoxy) is 2. The van der Waals surface area contributed by atoms with E-state index in [0.717, 1.165) is 29.2 Å². The van der Waals surface area contributed by atoms with Crippen LogP contribution in [0.1, 0.15) is 24.0 Å². The van der Waals surface area contributed by atoms with Crippen LogP contribution in [0.3, 0.4) is 0 Å². The molecule has 0 bridgehead atoms. The Hall–Kier alpha value is -3.07. The zero-order valence-electron chi connectivity index (χ0n) is 16.0. The molecule has 160 valence electrons. The van der Waals surface area contributed by atoms with Crippen molar-refractivity contribution in [1.82, 2.24) is 5.32 Å². The highest BCUT2D eigenvalue weighted by atomic mass is 19.4. The lowest BCUT2D eigenvalue weighted by Crippen LogP contribution is -2.49. The van der Waals surface area contributed by atoms with Crippen molar-refractivity contribution < 1.29 is 37.3 Å². The van der Waals surface area contributed by atoms with Crippen molar-refractivity contribution >= 4 is 12.1 Å². The number of hydrogen-bond acceptors (Lipinski definition) is 4. The number of hydrogen-bond donors (Lipinski definition) is 2. The molecule has 2 aromatic carbocycles. The van der Waals surface area contributed by atoms with Crippen LogP contribution in [0.2, 0.25) is 0 Å². The lowest BCUT2D eigenvalue weighted by molar-refractivity contribution is -0.188. The van der Waals surface area contributed by atoms with Crippen molar-refractivity contribution in [1.29, 1.82) is 0 Å². The van der Waals surface area contributed by atoms with Crippen LogP contribution in [0.4, 0.5) is 18.0 Å². The molecule has 0 saturated heterocycles. The summed E-state index contributed by atoms with van der Waals surface area (Å²) in [4.78, 5) is 23.5. The number of rotatable bonds is 7. The minimum Gasteiger partial charge on any atom is -0.480 e. The predicted octanol–water partition coefficient (Wildman–Crippen LogP) is 3.95. The Morgan fingerprint density at radius 1 is 1.07 bits per heavy atom. The minimum absolute atomic E-state index is 0.0516. The number of aliphatic carboxylic acids is 1. The predicted molar refractivity (Wildman–Crippen MR) is 101 cm³/mol. The van der Waals surface area contributed by atoms with E-state index < -0.39 is 37.0 Å². The van der Waals surface area contributed by atoms with Gasteiger partial charge in [-0.15, -0.1) is 0 Å². The average molecular weight is 423 g/mol. The lowest BCUT2D eigenvalue weighted by atomic mass is 9.98. The fourth-order valence-corrected chi connectivity index (χ4v) is 3.47.